The van der Waals surface area contributed by atoms with E-state index < -0.39 is 0 Å². The van der Waals surface area contributed by atoms with E-state index in [2.05, 4.69) is 41.0 Å². The third kappa shape index (κ3) is 6.53. The molecule has 2 aromatic rings. The highest BCUT2D eigenvalue weighted by Gasteiger charge is 2.42. The number of carbonyl (C=O) groups is 2. The molecule has 3 saturated heterocycles. The molecule has 3 fully saturated rings. The van der Waals surface area contributed by atoms with Crippen LogP contribution in [0.5, 0.6) is 0 Å². The van der Waals surface area contributed by atoms with Crippen LogP contribution >= 0.6 is 11.3 Å². The van der Waals surface area contributed by atoms with E-state index in [1.54, 1.807) is 6.07 Å². The summed E-state index contributed by atoms with van der Waals surface area (Å²) in [4.78, 5) is 49.1. The number of likely N-dealkylation sites (tertiary alicyclic amines) is 1. The summed E-state index contributed by atoms with van der Waals surface area (Å²) in [6, 6.07) is 1.95. The highest BCUT2D eigenvalue weighted by Crippen LogP contribution is 2.37. The molecule has 0 spiro atoms. The first-order valence-corrected chi connectivity index (χ1v) is 15.7. The van der Waals surface area contributed by atoms with Crippen LogP contribution in [-0.2, 0) is 22.6 Å². The maximum atomic E-state index is 13.6. The van der Waals surface area contributed by atoms with Crippen LogP contribution in [0, 0.1) is 23.7 Å². The van der Waals surface area contributed by atoms with Gasteiger partial charge in [-0.25, -0.2) is 4.98 Å². The Kier molecular flexibility index (Phi) is 8.71. The number of carbonyl (C=O) groups excluding carboxylic acids is 2. The monoisotopic (exact) mass is 556 g/mol. The number of aromatic nitrogens is 3. The van der Waals surface area contributed by atoms with Crippen molar-refractivity contribution in [3.63, 3.8) is 0 Å². The number of fused-ring (bicyclic) bond motifs is 5. The predicted molar refractivity (Wildman–Crippen MR) is 153 cm³/mol. The third-order valence-electron chi connectivity index (χ3n) is 8.94. The van der Waals surface area contributed by atoms with Gasteiger partial charge < -0.3 is 10.2 Å². The quantitative estimate of drug-likeness (QED) is 0.619. The van der Waals surface area contributed by atoms with Gasteiger partial charge in [-0.3, -0.25) is 19.3 Å². The van der Waals surface area contributed by atoms with Crippen LogP contribution in [0.1, 0.15) is 83.3 Å². The fourth-order valence-electron chi connectivity index (χ4n) is 6.89. The number of nitrogens with one attached hydrogen (secondary N) is 1. The standard InChI is InChI=1S/C29H44N6O3S/c1-5-26-32-35-28(38)13-22(30-29(35)39-26)17-33-14-20-12-21(16-33)24-7-6-8-25(36)31-23(18(2)3)10-9-19(4)11-27(37)34(24)15-20/h13,18-21,23-24H,5-12,14-17H2,1-4H3,(H,31,36)/t19-,20+,21+,23+,24+/m1/s1. The molecule has 10 heteroatoms. The van der Waals surface area contributed by atoms with Crippen LogP contribution in [0.3, 0.4) is 0 Å². The molecule has 2 aromatic heterocycles. The zero-order valence-electron chi connectivity index (χ0n) is 23.9. The molecule has 5 heterocycles. The van der Waals surface area contributed by atoms with Crippen molar-refractivity contribution < 1.29 is 9.59 Å². The summed E-state index contributed by atoms with van der Waals surface area (Å²) in [6.07, 6.45) is 6.52. The normalized spacial score (nSPS) is 29.5. The van der Waals surface area contributed by atoms with E-state index >= 15 is 0 Å². The summed E-state index contributed by atoms with van der Waals surface area (Å²) >= 11 is 1.48. The van der Waals surface area contributed by atoms with Gasteiger partial charge in [0.25, 0.3) is 5.56 Å². The molecule has 3 aliphatic heterocycles. The molecule has 5 rings (SSSR count). The van der Waals surface area contributed by atoms with Crippen LogP contribution in [0.4, 0.5) is 0 Å². The predicted octanol–water partition coefficient (Wildman–Crippen LogP) is 3.49. The Morgan fingerprint density at radius 3 is 2.72 bits per heavy atom. The lowest BCUT2D eigenvalue weighted by Gasteiger charge is -2.51. The molecule has 39 heavy (non-hydrogen) atoms. The van der Waals surface area contributed by atoms with Gasteiger partial charge >= 0.3 is 0 Å². The Balaban J connectivity index is 1.31. The summed E-state index contributed by atoms with van der Waals surface area (Å²) in [5.41, 5.74) is 0.668. The van der Waals surface area contributed by atoms with E-state index in [4.69, 9.17) is 4.98 Å². The minimum Gasteiger partial charge on any atom is -0.353 e. The van der Waals surface area contributed by atoms with Crippen molar-refractivity contribution in [3.8, 4) is 0 Å². The first-order valence-electron chi connectivity index (χ1n) is 14.9. The van der Waals surface area contributed by atoms with Crippen LogP contribution in [0.25, 0.3) is 4.96 Å². The molecular formula is C29H44N6O3S. The molecular weight excluding hydrogens is 512 g/mol. The van der Waals surface area contributed by atoms with Gasteiger partial charge in [0.15, 0.2) is 0 Å². The topological polar surface area (TPSA) is 99.9 Å². The van der Waals surface area contributed by atoms with Gasteiger partial charge in [0.1, 0.15) is 5.01 Å². The smallest absolute Gasteiger partial charge is 0.275 e. The maximum Gasteiger partial charge on any atom is 0.275 e. The molecule has 0 aromatic carbocycles. The second kappa shape index (κ2) is 12.0. The SMILES string of the molecule is CCc1nn2c(=O)cc(CN3C[C@@H]4C[C@@H](C3)[C@@H]3CCCC(=O)N[C@H](C(C)C)CC[C@@H](C)CC(=O)N3C4)nc2s1. The molecule has 0 aliphatic carbocycles. The van der Waals surface area contributed by atoms with Gasteiger partial charge in [-0.15, -0.1) is 0 Å². The number of aryl methyl sites for hydroxylation is 1. The first-order chi connectivity index (χ1) is 18.7. The first kappa shape index (κ1) is 28.2. The number of piperidine rings is 2. The lowest BCUT2D eigenvalue weighted by molar-refractivity contribution is -0.142. The number of hydrogen-bond donors (Lipinski definition) is 1. The average molecular weight is 557 g/mol. The van der Waals surface area contributed by atoms with Crippen molar-refractivity contribution in [1.29, 1.82) is 0 Å². The fraction of sp³-hybridized carbons (Fsp3) is 0.759. The van der Waals surface area contributed by atoms with Crippen LogP contribution in [0.2, 0.25) is 0 Å². The van der Waals surface area contributed by atoms with Crippen molar-refractivity contribution in [2.75, 3.05) is 19.6 Å². The minimum absolute atomic E-state index is 0.123. The molecule has 0 radical (unpaired) electrons. The van der Waals surface area contributed by atoms with E-state index in [1.165, 1.54) is 15.9 Å². The van der Waals surface area contributed by atoms with Crippen LogP contribution in [-0.4, -0.2) is 67.9 Å². The van der Waals surface area contributed by atoms with Crippen LogP contribution in [0.15, 0.2) is 10.9 Å². The fourth-order valence-corrected chi connectivity index (χ4v) is 7.75. The Hall–Kier alpha value is -2.33. The van der Waals surface area contributed by atoms with Crippen molar-refractivity contribution >= 4 is 28.1 Å². The minimum atomic E-state index is -0.123. The summed E-state index contributed by atoms with van der Waals surface area (Å²) in [5, 5.41) is 8.56. The summed E-state index contributed by atoms with van der Waals surface area (Å²) in [5.74, 6) is 1.90. The molecule has 0 saturated carbocycles. The van der Waals surface area contributed by atoms with Gasteiger partial charge in [0.2, 0.25) is 16.8 Å². The van der Waals surface area contributed by atoms with E-state index in [-0.39, 0.29) is 29.5 Å². The molecule has 5 atom stereocenters. The highest BCUT2D eigenvalue weighted by atomic mass is 32.1. The molecule has 2 bridgehead atoms. The van der Waals surface area contributed by atoms with Gasteiger partial charge in [0, 0.05) is 57.2 Å². The average Bonchev–Trinajstić information content (AvgIpc) is 3.31. The lowest BCUT2D eigenvalue weighted by Crippen LogP contribution is -2.59. The largest absolute Gasteiger partial charge is 0.353 e. The van der Waals surface area contributed by atoms with Gasteiger partial charge in [-0.2, -0.15) is 9.61 Å². The molecule has 1 N–H and O–H groups in total. The van der Waals surface area contributed by atoms with E-state index in [0.717, 1.165) is 68.9 Å². The second-order valence-electron chi connectivity index (χ2n) is 12.5. The third-order valence-corrected chi connectivity index (χ3v) is 9.99. The molecule has 2 amide bonds. The van der Waals surface area contributed by atoms with Crippen LogP contribution < -0.4 is 10.9 Å². The highest BCUT2D eigenvalue weighted by molar-refractivity contribution is 7.16. The number of hydrogen-bond acceptors (Lipinski definition) is 7. The van der Waals surface area contributed by atoms with Gasteiger partial charge in [0.05, 0.1) is 5.69 Å². The summed E-state index contributed by atoms with van der Waals surface area (Å²) in [7, 11) is 0. The molecule has 9 nitrogen and oxygen atoms in total. The Bertz CT molecular complexity index is 1240. The number of amides is 2. The van der Waals surface area contributed by atoms with Crippen molar-refractivity contribution in [3.05, 3.63) is 27.1 Å². The second-order valence-corrected chi connectivity index (χ2v) is 13.5. The number of rotatable bonds is 4. The zero-order valence-corrected chi connectivity index (χ0v) is 24.7. The zero-order chi connectivity index (χ0) is 27.7. The lowest BCUT2D eigenvalue weighted by atomic mass is 9.77. The van der Waals surface area contributed by atoms with Gasteiger partial charge in [-0.05, 0) is 62.2 Å². The number of nitrogens with zero attached hydrogens (tertiary/aromatic N) is 5. The van der Waals surface area contributed by atoms with E-state index in [0.29, 0.717) is 48.0 Å². The van der Waals surface area contributed by atoms with Gasteiger partial charge in [-0.1, -0.05) is 39.0 Å². The molecule has 214 valence electrons. The maximum absolute atomic E-state index is 13.6. The van der Waals surface area contributed by atoms with E-state index in [1.807, 2.05) is 6.92 Å². The molecule has 0 unspecified atom stereocenters. The van der Waals surface area contributed by atoms with Crippen molar-refractivity contribution in [2.24, 2.45) is 23.7 Å². The van der Waals surface area contributed by atoms with E-state index in [9.17, 15) is 14.4 Å². The summed E-state index contributed by atoms with van der Waals surface area (Å²) in [6.45, 7) is 11.7. The Labute approximate surface area is 235 Å². The Morgan fingerprint density at radius 2 is 1.95 bits per heavy atom. The molecule has 3 aliphatic rings. The Morgan fingerprint density at radius 1 is 1.13 bits per heavy atom. The van der Waals surface area contributed by atoms with Crippen molar-refractivity contribution in [1.82, 2.24) is 29.7 Å². The van der Waals surface area contributed by atoms with Crippen molar-refractivity contribution in [2.45, 2.75) is 97.7 Å². The summed E-state index contributed by atoms with van der Waals surface area (Å²) < 4.78 is 1.41.